The number of rotatable bonds is 3. The Kier molecular flexibility index (Phi) is 3.62. The van der Waals surface area contributed by atoms with Crippen LogP contribution in [0.1, 0.15) is 51.4 Å². The van der Waals surface area contributed by atoms with Crippen LogP contribution in [0.4, 0.5) is 0 Å². The summed E-state index contributed by atoms with van der Waals surface area (Å²) in [5.41, 5.74) is 0.562. The maximum atomic E-state index is 11.0. The van der Waals surface area contributed by atoms with Crippen molar-refractivity contribution in [2.24, 2.45) is 0 Å². The van der Waals surface area contributed by atoms with E-state index in [1.54, 1.807) is 12.4 Å². The molecule has 4 heteroatoms. The van der Waals surface area contributed by atoms with E-state index in [1.807, 2.05) is 27.7 Å². The molecule has 1 heterocycles. The molecule has 88 valence electrons. The first-order chi connectivity index (χ1) is 7.36. The molecule has 0 radical (unpaired) electrons. The van der Waals surface area contributed by atoms with Crippen LogP contribution in [0.25, 0.3) is 0 Å². The lowest BCUT2D eigenvalue weighted by Crippen LogP contribution is -2.17. The molecule has 0 saturated heterocycles. The summed E-state index contributed by atoms with van der Waals surface area (Å²) in [5.74, 6) is -0.597. The fraction of sp³-hybridized carbons (Fsp3) is 0.583. The van der Waals surface area contributed by atoms with Gasteiger partial charge < -0.3 is 5.11 Å². The first-order valence-corrected chi connectivity index (χ1v) is 5.41. The van der Waals surface area contributed by atoms with Gasteiger partial charge >= 0.3 is 5.97 Å². The minimum atomic E-state index is -0.824. The Bertz CT molecular complexity index is 366. The number of hydrogen-bond donors (Lipinski definition) is 1. The molecule has 0 spiro atoms. The van der Waals surface area contributed by atoms with Crippen LogP contribution in [-0.2, 0) is 10.2 Å². The molecule has 1 aromatic heterocycles. The van der Waals surface area contributed by atoms with E-state index >= 15 is 0 Å². The molecule has 0 saturated carbocycles. The topological polar surface area (TPSA) is 63.1 Å². The molecule has 4 nitrogen and oxygen atoms in total. The molecule has 0 aliphatic carbocycles. The lowest BCUT2D eigenvalue weighted by atomic mass is 9.95. The number of aliphatic carboxylic acids is 1. The lowest BCUT2D eigenvalue weighted by Gasteiger charge is -2.17. The molecule has 0 bridgehead atoms. The second-order valence-corrected chi connectivity index (χ2v) is 4.89. The number of nitrogens with zero attached hydrogens (tertiary/aromatic N) is 2. The molecule has 0 aliphatic heterocycles. The van der Waals surface area contributed by atoms with Crippen molar-refractivity contribution in [2.45, 2.75) is 45.4 Å². The van der Waals surface area contributed by atoms with E-state index in [0.717, 1.165) is 5.82 Å². The van der Waals surface area contributed by atoms with E-state index in [1.165, 1.54) is 0 Å². The summed E-state index contributed by atoms with van der Waals surface area (Å²) in [7, 11) is 0. The average Bonchev–Trinajstić information content (AvgIpc) is 2.17. The van der Waals surface area contributed by atoms with Crippen molar-refractivity contribution in [1.82, 2.24) is 9.97 Å². The number of carbonyl (C=O) groups is 1. The van der Waals surface area contributed by atoms with Crippen LogP contribution in [-0.4, -0.2) is 21.0 Å². The largest absolute Gasteiger partial charge is 0.481 e. The smallest absolute Gasteiger partial charge is 0.311 e. The molecule has 1 rings (SSSR count). The Hall–Kier alpha value is -1.45. The van der Waals surface area contributed by atoms with Gasteiger partial charge in [0.05, 0.1) is 5.92 Å². The van der Waals surface area contributed by atoms with Crippen LogP contribution in [0.2, 0.25) is 0 Å². The summed E-state index contributed by atoms with van der Waals surface area (Å²) in [5, 5.41) is 9.00. The van der Waals surface area contributed by atoms with Gasteiger partial charge in [-0.2, -0.15) is 0 Å². The van der Waals surface area contributed by atoms with Crippen molar-refractivity contribution < 1.29 is 9.90 Å². The minimum absolute atomic E-state index is 0.108. The monoisotopic (exact) mass is 222 g/mol. The van der Waals surface area contributed by atoms with Crippen LogP contribution < -0.4 is 0 Å². The molecule has 16 heavy (non-hydrogen) atoms. The number of carboxylic acid groups (broad SMARTS) is 1. The molecule has 0 fully saturated rings. The zero-order valence-corrected chi connectivity index (χ0v) is 10.2. The highest BCUT2D eigenvalue weighted by Gasteiger charge is 2.21. The van der Waals surface area contributed by atoms with Crippen LogP contribution in [0.3, 0.4) is 0 Å². The van der Waals surface area contributed by atoms with E-state index in [2.05, 4.69) is 9.97 Å². The second kappa shape index (κ2) is 4.60. The molecule has 1 aromatic rings. The summed E-state index contributed by atoms with van der Waals surface area (Å²) in [6.07, 6.45) is 3.79. The summed E-state index contributed by atoms with van der Waals surface area (Å²) in [6, 6.07) is 0. The average molecular weight is 222 g/mol. The highest BCUT2D eigenvalue weighted by molar-refractivity contribution is 5.75. The first-order valence-electron chi connectivity index (χ1n) is 5.41. The maximum Gasteiger partial charge on any atom is 0.311 e. The summed E-state index contributed by atoms with van der Waals surface area (Å²) < 4.78 is 0. The molecular weight excluding hydrogens is 204 g/mol. The van der Waals surface area contributed by atoms with Crippen molar-refractivity contribution in [3.63, 3.8) is 0 Å². The van der Waals surface area contributed by atoms with Gasteiger partial charge in [0.25, 0.3) is 0 Å². The minimum Gasteiger partial charge on any atom is -0.481 e. The van der Waals surface area contributed by atoms with Crippen LogP contribution in [0, 0.1) is 0 Å². The predicted molar refractivity (Wildman–Crippen MR) is 61.4 cm³/mol. The van der Waals surface area contributed by atoms with E-state index in [-0.39, 0.29) is 5.41 Å². The Morgan fingerprint density at radius 2 is 1.88 bits per heavy atom. The molecule has 0 aromatic carbocycles. The van der Waals surface area contributed by atoms with Crippen LogP contribution >= 0.6 is 0 Å². The van der Waals surface area contributed by atoms with E-state index < -0.39 is 11.9 Å². The van der Waals surface area contributed by atoms with Crippen molar-refractivity contribution in [3.05, 3.63) is 23.8 Å². The molecule has 1 unspecified atom stereocenters. The Labute approximate surface area is 95.7 Å². The Morgan fingerprint density at radius 3 is 2.19 bits per heavy atom. The van der Waals surface area contributed by atoms with Gasteiger partial charge in [-0.05, 0) is 6.42 Å². The SMILES string of the molecule is CCC(C(=O)O)c1cnc(C(C)(C)C)nc1. The van der Waals surface area contributed by atoms with Gasteiger partial charge in [0.1, 0.15) is 5.82 Å². The van der Waals surface area contributed by atoms with Gasteiger partial charge in [0, 0.05) is 23.4 Å². The first kappa shape index (κ1) is 12.6. The Morgan fingerprint density at radius 1 is 1.38 bits per heavy atom. The number of aromatic nitrogens is 2. The molecular formula is C12H18N2O2. The number of hydrogen-bond acceptors (Lipinski definition) is 3. The summed E-state index contributed by atoms with van der Waals surface area (Å²) >= 11 is 0. The van der Waals surface area contributed by atoms with Gasteiger partial charge in [0.2, 0.25) is 0 Å². The highest BCUT2D eigenvalue weighted by atomic mass is 16.4. The van der Waals surface area contributed by atoms with Crippen molar-refractivity contribution >= 4 is 5.97 Å². The zero-order valence-electron chi connectivity index (χ0n) is 10.2. The number of carboxylic acids is 1. The van der Waals surface area contributed by atoms with Gasteiger partial charge in [-0.1, -0.05) is 27.7 Å². The summed E-state index contributed by atoms with van der Waals surface area (Å²) in [4.78, 5) is 19.4. The normalized spacial score (nSPS) is 13.5. The van der Waals surface area contributed by atoms with Crippen molar-refractivity contribution in [1.29, 1.82) is 0 Å². The third-order valence-corrected chi connectivity index (χ3v) is 2.45. The van der Waals surface area contributed by atoms with E-state index in [9.17, 15) is 4.79 Å². The van der Waals surface area contributed by atoms with E-state index in [0.29, 0.717) is 12.0 Å². The molecule has 1 atom stereocenters. The Balaban J connectivity index is 2.98. The quantitative estimate of drug-likeness (QED) is 0.852. The van der Waals surface area contributed by atoms with Gasteiger partial charge in [-0.3, -0.25) is 4.79 Å². The van der Waals surface area contributed by atoms with E-state index in [4.69, 9.17) is 5.11 Å². The van der Waals surface area contributed by atoms with Crippen LogP contribution in [0.5, 0.6) is 0 Å². The predicted octanol–water partition coefficient (Wildman–Crippen LogP) is 2.35. The second-order valence-electron chi connectivity index (χ2n) is 4.89. The van der Waals surface area contributed by atoms with Crippen molar-refractivity contribution in [2.75, 3.05) is 0 Å². The highest BCUT2D eigenvalue weighted by Crippen LogP contribution is 2.21. The fourth-order valence-electron chi connectivity index (χ4n) is 1.46. The van der Waals surface area contributed by atoms with Gasteiger partial charge in [0.15, 0.2) is 0 Å². The molecule has 1 N–H and O–H groups in total. The third kappa shape index (κ3) is 2.78. The third-order valence-electron chi connectivity index (χ3n) is 2.45. The molecule has 0 aliphatic rings. The van der Waals surface area contributed by atoms with Gasteiger partial charge in [-0.15, -0.1) is 0 Å². The molecule has 0 amide bonds. The van der Waals surface area contributed by atoms with Crippen molar-refractivity contribution in [3.8, 4) is 0 Å². The summed E-state index contributed by atoms with van der Waals surface area (Å²) in [6.45, 7) is 7.92. The van der Waals surface area contributed by atoms with Gasteiger partial charge in [-0.25, -0.2) is 9.97 Å². The maximum absolute atomic E-state index is 11.0. The lowest BCUT2D eigenvalue weighted by molar-refractivity contribution is -0.138. The standard InChI is InChI=1S/C12H18N2O2/c1-5-9(10(15)16)8-6-13-11(14-7-8)12(2,3)4/h6-7,9H,5H2,1-4H3,(H,15,16). The zero-order chi connectivity index (χ0) is 12.3. The van der Waals surface area contributed by atoms with Crippen LogP contribution in [0.15, 0.2) is 12.4 Å². The fourth-order valence-corrected chi connectivity index (χ4v) is 1.46.